The zero-order valence-corrected chi connectivity index (χ0v) is 11.3. The van der Waals surface area contributed by atoms with Gasteiger partial charge in [-0.1, -0.05) is 20.8 Å². The molecule has 0 bridgehead atoms. The number of nitrogens with one attached hydrogen (secondary N) is 1. The van der Waals surface area contributed by atoms with E-state index in [0.717, 1.165) is 43.1 Å². The van der Waals surface area contributed by atoms with Crippen molar-refractivity contribution in [1.82, 2.24) is 9.97 Å². The number of methoxy groups -OCH3 is 1. The van der Waals surface area contributed by atoms with E-state index in [0.29, 0.717) is 0 Å². The van der Waals surface area contributed by atoms with Gasteiger partial charge in [0.15, 0.2) is 5.82 Å². The molecule has 0 spiro atoms. The number of hydrogen-bond acceptors (Lipinski definition) is 4. The number of aromatic nitrogens is 2. The van der Waals surface area contributed by atoms with Crippen LogP contribution < -0.4 is 5.32 Å². The summed E-state index contributed by atoms with van der Waals surface area (Å²) >= 11 is 0. The fourth-order valence-electron chi connectivity index (χ4n) is 1.64. The molecule has 4 nitrogen and oxygen atoms in total. The lowest BCUT2D eigenvalue weighted by Crippen LogP contribution is -2.11. The van der Waals surface area contributed by atoms with Gasteiger partial charge in [0.05, 0.1) is 0 Å². The van der Waals surface area contributed by atoms with Crippen LogP contribution in [-0.4, -0.2) is 23.6 Å². The van der Waals surface area contributed by atoms with Crippen LogP contribution in [0.25, 0.3) is 0 Å². The van der Waals surface area contributed by atoms with E-state index in [1.54, 1.807) is 7.11 Å². The van der Waals surface area contributed by atoms with Crippen molar-refractivity contribution in [1.29, 1.82) is 0 Å². The highest BCUT2D eigenvalue weighted by Crippen LogP contribution is 2.19. The Labute approximate surface area is 104 Å². The third kappa shape index (κ3) is 3.97. The highest BCUT2D eigenvalue weighted by Gasteiger charge is 2.13. The molecular formula is C13H23N3O. The van der Waals surface area contributed by atoms with Crippen molar-refractivity contribution in [2.75, 3.05) is 19.0 Å². The predicted octanol–water partition coefficient (Wildman–Crippen LogP) is 2.96. The molecule has 0 fully saturated rings. The fourth-order valence-corrected chi connectivity index (χ4v) is 1.64. The van der Waals surface area contributed by atoms with Crippen LogP contribution in [0.5, 0.6) is 0 Å². The van der Waals surface area contributed by atoms with Crippen molar-refractivity contribution in [3.8, 4) is 0 Å². The second kappa shape index (κ2) is 7.22. The van der Waals surface area contributed by atoms with Crippen LogP contribution >= 0.6 is 0 Å². The molecule has 1 aromatic rings. The molecule has 0 aliphatic rings. The molecule has 0 saturated heterocycles. The van der Waals surface area contributed by atoms with Crippen molar-refractivity contribution >= 4 is 5.82 Å². The summed E-state index contributed by atoms with van der Waals surface area (Å²) in [6.45, 7) is 7.25. The monoisotopic (exact) mass is 237 g/mol. The summed E-state index contributed by atoms with van der Waals surface area (Å²) in [5.74, 6) is 1.69. The SMILES string of the molecule is CCCNc1cc(CC)nc(C(CC)OC)n1. The average molecular weight is 237 g/mol. The zero-order chi connectivity index (χ0) is 12.7. The number of aryl methyl sites for hydroxylation is 1. The molecule has 1 aromatic heterocycles. The van der Waals surface area contributed by atoms with Gasteiger partial charge in [-0.2, -0.15) is 0 Å². The first kappa shape index (κ1) is 13.9. The van der Waals surface area contributed by atoms with Gasteiger partial charge in [-0.3, -0.25) is 0 Å². The van der Waals surface area contributed by atoms with Crippen molar-refractivity contribution in [2.45, 2.75) is 46.1 Å². The first-order chi connectivity index (χ1) is 8.24. The van der Waals surface area contributed by atoms with E-state index in [-0.39, 0.29) is 6.10 Å². The van der Waals surface area contributed by atoms with Crippen LogP contribution in [0.1, 0.15) is 51.2 Å². The van der Waals surface area contributed by atoms with Gasteiger partial charge in [-0.05, 0) is 19.3 Å². The summed E-state index contributed by atoms with van der Waals surface area (Å²) in [6, 6.07) is 2.02. The number of anilines is 1. The van der Waals surface area contributed by atoms with E-state index in [1.165, 1.54) is 0 Å². The normalized spacial score (nSPS) is 12.5. The summed E-state index contributed by atoms with van der Waals surface area (Å²) in [7, 11) is 1.70. The molecule has 0 aliphatic carbocycles. The maximum atomic E-state index is 5.39. The van der Waals surface area contributed by atoms with Gasteiger partial charge in [-0.15, -0.1) is 0 Å². The van der Waals surface area contributed by atoms with Gasteiger partial charge in [0, 0.05) is 25.4 Å². The minimum absolute atomic E-state index is 0.0105. The first-order valence-electron chi connectivity index (χ1n) is 6.39. The summed E-state index contributed by atoms with van der Waals surface area (Å²) in [6.07, 6.45) is 2.87. The maximum absolute atomic E-state index is 5.39. The van der Waals surface area contributed by atoms with Crippen LogP contribution in [0.3, 0.4) is 0 Å². The molecule has 96 valence electrons. The van der Waals surface area contributed by atoms with Gasteiger partial charge in [0.1, 0.15) is 11.9 Å². The first-order valence-corrected chi connectivity index (χ1v) is 6.39. The molecule has 1 rings (SSSR count). The van der Waals surface area contributed by atoms with Crippen LogP contribution in [0, 0.1) is 0 Å². The summed E-state index contributed by atoms with van der Waals surface area (Å²) in [5, 5.41) is 3.31. The van der Waals surface area contributed by atoms with Gasteiger partial charge >= 0.3 is 0 Å². The lowest BCUT2D eigenvalue weighted by molar-refractivity contribution is 0.0925. The molecular weight excluding hydrogens is 214 g/mol. The Kier molecular flexibility index (Phi) is 5.91. The standard InChI is InChI=1S/C13H23N3O/c1-5-8-14-12-9-10(6-2)15-13(16-12)11(7-3)17-4/h9,11H,5-8H2,1-4H3,(H,14,15,16). The Hall–Kier alpha value is -1.16. The second-order valence-electron chi connectivity index (χ2n) is 4.02. The Bertz CT molecular complexity index is 337. The Morgan fingerprint density at radius 3 is 2.59 bits per heavy atom. The lowest BCUT2D eigenvalue weighted by atomic mass is 10.2. The third-order valence-corrected chi connectivity index (χ3v) is 2.66. The Morgan fingerprint density at radius 1 is 1.29 bits per heavy atom. The van der Waals surface area contributed by atoms with Gasteiger partial charge in [-0.25, -0.2) is 9.97 Å². The third-order valence-electron chi connectivity index (χ3n) is 2.66. The van der Waals surface area contributed by atoms with E-state index in [2.05, 4.69) is 36.1 Å². The summed E-state index contributed by atoms with van der Waals surface area (Å²) < 4.78 is 5.39. The second-order valence-corrected chi connectivity index (χ2v) is 4.02. The fraction of sp³-hybridized carbons (Fsp3) is 0.692. The minimum Gasteiger partial charge on any atom is -0.373 e. The molecule has 1 atom stereocenters. The number of rotatable bonds is 7. The number of ether oxygens (including phenoxy) is 1. The number of nitrogens with zero attached hydrogens (tertiary/aromatic N) is 2. The van der Waals surface area contributed by atoms with E-state index >= 15 is 0 Å². The van der Waals surface area contributed by atoms with E-state index in [9.17, 15) is 0 Å². The largest absolute Gasteiger partial charge is 0.373 e. The lowest BCUT2D eigenvalue weighted by Gasteiger charge is -2.14. The number of hydrogen-bond donors (Lipinski definition) is 1. The van der Waals surface area contributed by atoms with Crippen molar-refractivity contribution < 1.29 is 4.74 Å². The molecule has 0 radical (unpaired) electrons. The molecule has 0 aromatic carbocycles. The summed E-state index contributed by atoms with van der Waals surface area (Å²) in [5.41, 5.74) is 1.06. The van der Waals surface area contributed by atoms with E-state index in [4.69, 9.17) is 4.74 Å². The topological polar surface area (TPSA) is 47.0 Å². The molecule has 1 N–H and O–H groups in total. The van der Waals surface area contributed by atoms with E-state index < -0.39 is 0 Å². The molecule has 1 unspecified atom stereocenters. The van der Waals surface area contributed by atoms with Crippen molar-refractivity contribution in [3.05, 3.63) is 17.6 Å². The van der Waals surface area contributed by atoms with Crippen LogP contribution in [-0.2, 0) is 11.2 Å². The Morgan fingerprint density at radius 2 is 2.06 bits per heavy atom. The Balaban J connectivity index is 2.95. The van der Waals surface area contributed by atoms with Crippen LogP contribution in [0.2, 0.25) is 0 Å². The predicted molar refractivity (Wildman–Crippen MR) is 70.2 cm³/mol. The molecule has 1 heterocycles. The van der Waals surface area contributed by atoms with Gasteiger partial charge < -0.3 is 10.1 Å². The zero-order valence-electron chi connectivity index (χ0n) is 11.3. The van der Waals surface area contributed by atoms with Crippen molar-refractivity contribution in [3.63, 3.8) is 0 Å². The minimum atomic E-state index is -0.0105. The highest BCUT2D eigenvalue weighted by atomic mass is 16.5. The smallest absolute Gasteiger partial charge is 0.159 e. The molecule has 0 amide bonds. The quantitative estimate of drug-likeness (QED) is 0.792. The van der Waals surface area contributed by atoms with Crippen molar-refractivity contribution in [2.24, 2.45) is 0 Å². The van der Waals surface area contributed by atoms with Gasteiger partial charge in [0.25, 0.3) is 0 Å². The summed E-state index contributed by atoms with van der Waals surface area (Å²) in [4.78, 5) is 9.04. The maximum Gasteiger partial charge on any atom is 0.159 e. The molecule has 17 heavy (non-hydrogen) atoms. The highest BCUT2D eigenvalue weighted by molar-refractivity contribution is 5.36. The van der Waals surface area contributed by atoms with Crippen LogP contribution in [0.4, 0.5) is 5.82 Å². The van der Waals surface area contributed by atoms with E-state index in [1.807, 2.05) is 6.07 Å². The molecule has 0 saturated carbocycles. The average Bonchev–Trinajstić information content (AvgIpc) is 2.37. The van der Waals surface area contributed by atoms with Crippen LogP contribution in [0.15, 0.2) is 6.07 Å². The molecule has 0 aliphatic heterocycles. The molecule has 4 heteroatoms. The van der Waals surface area contributed by atoms with Gasteiger partial charge in [0.2, 0.25) is 0 Å².